The molecule has 2 fully saturated rings. The quantitative estimate of drug-likeness (QED) is 0.208. The zero-order valence-electron chi connectivity index (χ0n) is 22.1. The van der Waals surface area contributed by atoms with Crippen molar-refractivity contribution in [2.45, 2.75) is 74.5 Å². The van der Waals surface area contributed by atoms with Crippen LogP contribution in [0.5, 0.6) is 5.75 Å². The average molecular weight is 541 g/mol. The summed E-state index contributed by atoms with van der Waals surface area (Å²) in [5, 5.41) is 31.9. The maximum absolute atomic E-state index is 13.5. The predicted octanol–water partition coefficient (Wildman–Crippen LogP) is -1.56. The molecule has 6 rings (SSSR count). The Hall–Kier alpha value is -3.58. The number of hydrogen-bond acceptors (Lipinski definition) is 11. The number of hydrogen-bond donors (Lipinski definition) is 7. The monoisotopic (exact) mass is 540 g/mol. The van der Waals surface area contributed by atoms with Gasteiger partial charge >= 0.3 is 0 Å². The van der Waals surface area contributed by atoms with E-state index in [2.05, 4.69) is 39.8 Å². The number of nitrogens with one attached hydrogen (secondary N) is 3. The molecular formula is C26H36N8O5. The molecular weight excluding hydrogens is 504 g/mol. The van der Waals surface area contributed by atoms with Crippen molar-refractivity contribution in [2.24, 2.45) is 27.4 Å². The number of nitrogens with zero attached hydrogens (tertiary/aromatic N) is 3. The highest BCUT2D eigenvalue weighted by molar-refractivity contribution is 5.98. The van der Waals surface area contributed by atoms with Gasteiger partial charge in [0.05, 0.1) is 18.2 Å². The van der Waals surface area contributed by atoms with Crippen LogP contribution in [0.4, 0.5) is 0 Å². The van der Waals surface area contributed by atoms with Gasteiger partial charge in [-0.05, 0) is 36.7 Å². The zero-order chi connectivity index (χ0) is 27.7. The molecule has 13 nitrogen and oxygen atoms in total. The molecule has 0 aromatic heterocycles. The summed E-state index contributed by atoms with van der Waals surface area (Å²) >= 11 is 0. The van der Waals surface area contributed by atoms with Gasteiger partial charge in [-0.3, -0.25) is 9.59 Å². The summed E-state index contributed by atoms with van der Waals surface area (Å²) in [5.41, 5.74) is 11.7. The molecule has 1 saturated carbocycles. The van der Waals surface area contributed by atoms with Crippen LogP contribution in [-0.4, -0.2) is 88.1 Å². The van der Waals surface area contributed by atoms with E-state index < -0.39 is 35.5 Å². The standard InChI is InChI=1S/C26H36N8O5/c1-24(2)8-9-39-19-14(4-3-5-15(19)24)21(36)31-17-12-34-23(28)30-16(11-29-18(35)10-13-6-7-13)20-25(34,26(17,37)38)33-22(27)32-20/h3-5,13,16-17,20,37-38H,6-12H2,1-2H3,(H2,28,30)(H,29,35)(H,31,36)(H3,27,32,33)/t16-,17?,20?,25-/m0/s1. The largest absolute Gasteiger partial charge is 0.492 e. The smallest absolute Gasteiger partial charge is 0.255 e. The van der Waals surface area contributed by atoms with E-state index in [1.54, 1.807) is 12.1 Å². The van der Waals surface area contributed by atoms with Gasteiger partial charge in [-0.1, -0.05) is 26.0 Å². The van der Waals surface area contributed by atoms with Gasteiger partial charge in [0.1, 0.15) is 17.8 Å². The second kappa shape index (κ2) is 8.71. The fraction of sp³-hybridized carbons (Fsp3) is 0.615. The number of nitrogens with two attached hydrogens (primary N) is 2. The first-order chi connectivity index (χ1) is 18.4. The summed E-state index contributed by atoms with van der Waals surface area (Å²) < 4.78 is 5.89. The van der Waals surface area contributed by atoms with Crippen molar-refractivity contribution in [3.63, 3.8) is 0 Å². The number of para-hydroxylation sites is 1. The Bertz CT molecular complexity index is 1270. The summed E-state index contributed by atoms with van der Waals surface area (Å²) in [6.45, 7) is 4.70. The lowest BCUT2D eigenvalue weighted by molar-refractivity contribution is -0.230. The predicted molar refractivity (Wildman–Crippen MR) is 142 cm³/mol. The van der Waals surface area contributed by atoms with E-state index in [-0.39, 0.29) is 36.3 Å². The summed E-state index contributed by atoms with van der Waals surface area (Å²) in [5.74, 6) is -2.26. The molecule has 1 aromatic rings. The van der Waals surface area contributed by atoms with Crippen LogP contribution in [0.15, 0.2) is 28.2 Å². The molecule has 4 aliphatic heterocycles. The molecule has 1 spiro atoms. The third-order valence-electron chi connectivity index (χ3n) is 8.75. The highest BCUT2D eigenvalue weighted by atomic mass is 16.5. The van der Waals surface area contributed by atoms with Gasteiger partial charge in [0.15, 0.2) is 17.6 Å². The van der Waals surface area contributed by atoms with Crippen molar-refractivity contribution < 1.29 is 24.5 Å². The molecule has 4 atom stereocenters. The lowest BCUT2D eigenvalue weighted by Crippen LogP contribution is -2.78. The number of carbonyl (C=O) groups excluding carboxylic acids is 2. The Kier molecular flexibility index (Phi) is 5.74. The number of aliphatic hydroxyl groups is 2. The Morgan fingerprint density at radius 1 is 1.23 bits per heavy atom. The van der Waals surface area contributed by atoms with E-state index in [9.17, 15) is 19.8 Å². The van der Waals surface area contributed by atoms with E-state index in [0.717, 1.165) is 24.8 Å². The van der Waals surface area contributed by atoms with Crippen molar-refractivity contribution in [1.29, 1.82) is 0 Å². The third kappa shape index (κ3) is 3.97. The molecule has 4 heterocycles. The number of fused-ring (bicyclic) bond motifs is 1. The van der Waals surface area contributed by atoms with Gasteiger partial charge in [0, 0.05) is 25.1 Å². The van der Waals surface area contributed by atoms with Crippen LogP contribution in [0.2, 0.25) is 0 Å². The van der Waals surface area contributed by atoms with Crippen LogP contribution in [0.1, 0.15) is 55.5 Å². The van der Waals surface area contributed by atoms with E-state index in [1.807, 2.05) is 6.07 Å². The van der Waals surface area contributed by atoms with Gasteiger partial charge in [-0.2, -0.15) is 0 Å². The van der Waals surface area contributed by atoms with Gasteiger partial charge in [-0.25, -0.2) is 9.98 Å². The van der Waals surface area contributed by atoms with Crippen LogP contribution in [0.3, 0.4) is 0 Å². The average Bonchev–Trinajstić information content (AvgIpc) is 3.56. The molecule has 1 saturated heterocycles. The van der Waals surface area contributed by atoms with Crippen molar-refractivity contribution in [2.75, 3.05) is 19.7 Å². The fourth-order valence-corrected chi connectivity index (χ4v) is 6.31. The molecule has 2 amide bonds. The molecule has 5 aliphatic rings. The molecule has 2 unspecified atom stereocenters. The van der Waals surface area contributed by atoms with E-state index in [4.69, 9.17) is 16.2 Å². The molecule has 210 valence electrons. The van der Waals surface area contributed by atoms with Gasteiger partial charge in [-0.15, -0.1) is 0 Å². The number of amides is 2. The first-order valence-electron chi connectivity index (χ1n) is 13.4. The van der Waals surface area contributed by atoms with Crippen molar-refractivity contribution in [3.05, 3.63) is 29.3 Å². The van der Waals surface area contributed by atoms with E-state index >= 15 is 0 Å². The minimum atomic E-state index is -2.57. The Morgan fingerprint density at radius 2 is 2.00 bits per heavy atom. The molecule has 13 heteroatoms. The minimum absolute atomic E-state index is 0.0172. The minimum Gasteiger partial charge on any atom is -0.492 e. The topological polar surface area (TPSA) is 200 Å². The Morgan fingerprint density at radius 3 is 2.74 bits per heavy atom. The first-order valence-corrected chi connectivity index (χ1v) is 13.4. The molecule has 9 N–H and O–H groups in total. The summed E-state index contributed by atoms with van der Waals surface area (Å²) in [6.07, 6.45) is 3.36. The lowest BCUT2D eigenvalue weighted by Gasteiger charge is -2.49. The number of guanidine groups is 2. The number of aliphatic imine (C=N–C) groups is 2. The molecule has 1 aromatic carbocycles. The van der Waals surface area contributed by atoms with Crippen molar-refractivity contribution in [1.82, 2.24) is 20.9 Å². The van der Waals surface area contributed by atoms with Gasteiger partial charge in [0.25, 0.3) is 5.91 Å². The van der Waals surface area contributed by atoms with E-state index in [1.165, 1.54) is 4.90 Å². The molecule has 1 aliphatic carbocycles. The summed E-state index contributed by atoms with van der Waals surface area (Å²) in [4.78, 5) is 36.3. The molecule has 0 radical (unpaired) electrons. The SMILES string of the molecule is CC1(C)CCOc2c(C(=O)NC3CN4C(N)=N[C@@H](CNC(=O)CC5CC5)C5N=C(N)N[C@@]54C3(O)O)cccc21. The first kappa shape index (κ1) is 25.7. The Labute approximate surface area is 226 Å². The summed E-state index contributed by atoms with van der Waals surface area (Å²) in [7, 11) is 0. The number of carbonyl (C=O) groups is 2. The maximum Gasteiger partial charge on any atom is 0.255 e. The molecule has 0 bridgehead atoms. The second-order valence-electron chi connectivity index (χ2n) is 11.9. The summed E-state index contributed by atoms with van der Waals surface area (Å²) in [6, 6.07) is 2.60. The van der Waals surface area contributed by atoms with Crippen molar-refractivity contribution in [3.8, 4) is 5.75 Å². The second-order valence-corrected chi connectivity index (χ2v) is 11.9. The number of rotatable bonds is 6. The van der Waals surface area contributed by atoms with Crippen LogP contribution in [0.25, 0.3) is 0 Å². The lowest BCUT2D eigenvalue weighted by atomic mass is 9.79. The molecule has 39 heavy (non-hydrogen) atoms. The zero-order valence-corrected chi connectivity index (χ0v) is 22.1. The van der Waals surface area contributed by atoms with E-state index in [0.29, 0.717) is 30.3 Å². The number of benzene rings is 1. The van der Waals surface area contributed by atoms with Crippen LogP contribution >= 0.6 is 0 Å². The third-order valence-corrected chi connectivity index (χ3v) is 8.75. The Balaban J connectivity index is 1.26. The number of ether oxygens (including phenoxy) is 1. The highest BCUT2D eigenvalue weighted by Gasteiger charge is 2.73. The maximum atomic E-state index is 13.5. The van der Waals surface area contributed by atoms with Gasteiger partial charge < -0.3 is 47.3 Å². The van der Waals surface area contributed by atoms with Crippen LogP contribution in [0, 0.1) is 5.92 Å². The van der Waals surface area contributed by atoms with Crippen LogP contribution in [-0.2, 0) is 10.2 Å². The fourth-order valence-electron chi connectivity index (χ4n) is 6.31. The van der Waals surface area contributed by atoms with Crippen LogP contribution < -0.4 is 32.2 Å². The normalized spacial score (nSPS) is 31.5. The highest BCUT2D eigenvalue weighted by Crippen LogP contribution is 2.45. The van der Waals surface area contributed by atoms with Crippen molar-refractivity contribution >= 4 is 23.7 Å². The van der Waals surface area contributed by atoms with Gasteiger partial charge in [0.2, 0.25) is 11.7 Å².